The predicted octanol–water partition coefficient (Wildman–Crippen LogP) is 1.97. The van der Waals surface area contributed by atoms with E-state index in [1.807, 2.05) is 36.5 Å². The largest absolute Gasteiger partial charge is 0.433 e. The average Bonchev–Trinajstić information content (AvgIpc) is 3.33. The van der Waals surface area contributed by atoms with E-state index in [1.165, 1.54) is 6.07 Å². The second-order valence-corrected chi connectivity index (χ2v) is 6.37. The molecule has 1 fully saturated rings. The monoisotopic (exact) mass is 353 g/mol. The van der Waals surface area contributed by atoms with Gasteiger partial charge in [0, 0.05) is 32.1 Å². The van der Waals surface area contributed by atoms with Gasteiger partial charge in [-0.3, -0.25) is 15.0 Å². The van der Waals surface area contributed by atoms with E-state index in [4.69, 9.17) is 9.41 Å². The lowest BCUT2D eigenvalue weighted by Gasteiger charge is -2.45. The van der Waals surface area contributed by atoms with Crippen LogP contribution >= 0.6 is 0 Å². The average molecular weight is 353 g/mol. The van der Waals surface area contributed by atoms with Gasteiger partial charge in [0.25, 0.3) is 0 Å². The molecule has 0 spiro atoms. The molecule has 1 aromatic carbocycles. The van der Waals surface area contributed by atoms with Gasteiger partial charge in [-0.15, -0.1) is 0 Å². The molecule has 134 valence electrons. The van der Waals surface area contributed by atoms with Crippen LogP contribution in [0.3, 0.4) is 0 Å². The quantitative estimate of drug-likeness (QED) is 0.655. The van der Waals surface area contributed by atoms with Gasteiger partial charge in [0.15, 0.2) is 5.66 Å². The molecule has 2 aliphatic rings. The molecule has 26 heavy (non-hydrogen) atoms. The summed E-state index contributed by atoms with van der Waals surface area (Å²) in [6.07, 6.45) is 4.01. The first-order valence-electron chi connectivity index (χ1n) is 8.53. The predicted molar refractivity (Wildman–Crippen MR) is 97.5 cm³/mol. The zero-order chi connectivity index (χ0) is 18.0. The summed E-state index contributed by atoms with van der Waals surface area (Å²) in [6, 6.07) is 13.2. The number of nitrogens with one attached hydrogen (secondary N) is 1. The number of nitro groups is 1. The van der Waals surface area contributed by atoms with Crippen LogP contribution in [-0.4, -0.2) is 48.1 Å². The van der Waals surface area contributed by atoms with Gasteiger partial charge in [0.05, 0.1) is 12.3 Å². The Bertz CT molecular complexity index is 834. The van der Waals surface area contributed by atoms with Crippen molar-refractivity contribution in [2.24, 2.45) is 9.98 Å². The van der Waals surface area contributed by atoms with E-state index in [2.05, 4.69) is 15.2 Å². The van der Waals surface area contributed by atoms with Gasteiger partial charge in [0.1, 0.15) is 17.0 Å². The third-order valence-electron chi connectivity index (χ3n) is 4.83. The molecular weight excluding hydrogens is 334 g/mol. The van der Waals surface area contributed by atoms with E-state index < -0.39 is 10.6 Å². The van der Waals surface area contributed by atoms with E-state index in [-0.39, 0.29) is 11.9 Å². The highest BCUT2D eigenvalue weighted by molar-refractivity contribution is 5.86. The Balaban J connectivity index is 1.65. The molecule has 1 N–H and O–H groups in total. The van der Waals surface area contributed by atoms with Crippen molar-refractivity contribution in [2.45, 2.75) is 18.1 Å². The molecule has 4 rings (SSSR count). The molecule has 0 saturated carbocycles. The number of benzene rings is 1. The fourth-order valence-corrected chi connectivity index (χ4v) is 3.64. The molecule has 2 atom stereocenters. The van der Waals surface area contributed by atoms with Crippen molar-refractivity contribution in [3.63, 3.8) is 0 Å². The fourth-order valence-electron chi connectivity index (χ4n) is 3.64. The summed E-state index contributed by atoms with van der Waals surface area (Å²) in [7, 11) is 0. The van der Waals surface area contributed by atoms with Gasteiger partial charge in [0.2, 0.25) is 0 Å². The zero-order valence-electron chi connectivity index (χ0n) is 14.1. The maximum atomic E-state index is 10.9. The number of hydrogen-bond donors (Lipinski definition) is 1. The highest BCUT2D eigenvalue weighted by atomic mass is 16.6. The van der Waals surface area contributed by atoms with Gasteiger partial charge < -0.3 is 9.73 Å². The summed E-state index contributed by atoms with van der Waals surface area (Å²) < 4.78 is 5.37. The Hall–Kier alpha value is -2.84. The zero-order valence-corrected chi connectivity index (χ0v) is 14.1. The van der Waals surface area contributed by atoms with E-state index in [0.717, 1.165) is 25.2 Å². The lowest BCUT2D eigenvalue weighted by atomic mass is 9.94. The number of piperazine rings is 1. The molecule has 0 aliphatic carbocycles. The van der Waals surface area contributed by atoms with Crippen LogP contribution in [-0.2, 0) is 12.1 Å². The molecule has 2 aromatic rings. The van der Waals surface area contributed by atoms with Gasteiger partial charge in [-0.05, 0) is 11.6 Å². The molecule has 0 radical (unpaired) electrons. The van der Waals surface area contributed by atoms with Crippen molar-refractivity contribution >= 4 is 18.4 Å². The van der Waals surface area contributed by atoms with Crippen LogP contribution in [0.2, 0.25) is 0 Å². The number of furan rings is 1. The minimum absolute atomic E-state index is 0.0661. The Morgan fingerprint density at radius 1 is 1.31 bits per heavy atom. The van der Waals surface area contributed by atoms with Crippen molar-refractivity contribution < 1.29 is 9.34 Å². The summed E-state index contributed by atoms with van der Waals surface area (Å²) in [6.45, 7) is 2.37. The van der Waals surface area contributed by atoms with Crippen LogP contribution in [0.1, 0.15) is 11.3 Å². The van der Waals surface area contributed by atoms with Crippen molar-refractivity contribution in [2.75, 3.05) is 19.6 Å². The Kier molecular flexibility index (Phi) is 4.36. The molecule has 3 heterocycles. The van der Waals surface area contributed by atoms with Crippen molar-refractivity contribution in [3.05, 3.63) is 63.9 Å². The number of aliphatic imine (C=N–C) groups is 2. The number of rotatable bonds is 5. The molecule has 8 heteroatoms. The Morgan fingerprint density at radius 2 is 2.15 bits per heavy atom. The third-order valence-corrected chi connectivity index (χ3v) is 4.83. The minimum Gasteiger partial charge on any atom is -0.406 e. The standard InChI is InChI=1S/C18H19N5O3/c24-23(25)17-7-6-16(26-17)10-15-11-19-8-9-22(15)18(12-20-13-21-18)14-4-2-1-3-5-14/h1-7,12-13,15,19H,8-11H2. The minimum atomic E-state index is -0.646. The summed E-state index contributed by atoms with van der Waals surface area (Å²) >= 11 is 0. The smallest absolute Gasteiger partial charge is 0.406 e. The van der Waals surface area contributed by atoms with E-state index in [0.29, 0.717) is 12.2 Å². The van der Waals surface area contributed by atoms with Crippen LogP contribution in [0.4, 0.5) is 5.88 Å². The van der Waals surface area contributed by atoms with Crippen LogP contribution in [0.15, 0.2) is 56.9 Å². The van der Waals surface area contributed by atoms with E-state index in [1.54, 1.807) is 12.4 Å². The summed E-state index contributed by atoms with van der Waals surface area (Å²) in [5.41, 5.74) is 0.404. The summed E-state index contributed by atoms with van der Waals surface area (Å²) in [5, 5.41) is 14.3. The lowest BCUT2D eigenvalue weighted by molar-refractivity contribution is -0.402. The molecule has 2 aliphatic heterocycles. The number of nitrogens with zero attached hydrogens (tertiary/aromatic N) is 4. The molecule has 8 nitrogen and oxygen atoms in total. The van der Waals surface area contributed by atoms with Crippen LogP contribution in [0, 0.1) is 10.1 Å². The molecule has 1 saturated heterocycles. The first-order valence-corrected chi connectivity index (χ1v) is 8.53. The van der Waals surface area contributed by atoms with Crippen molar-refractivity contribution in [1.82, 2.24) is 10.2 Å². The molecule has 0 bridgehead atoms. The summed E-state index contributed by atoms with van der Waals surface area (Å²) in [5.74, 6) is 0.367. The Morgan fingerprint density at radius 3 is 2.85 bits per heavy atom. The Labute approximate surface area is 150 Å². The molecular formula is C18H19N5O3. The van der Waals surface area contributed by atoms with Gasteiger partial charge in [-0.1, -0.05) is 30.3 Å². The molecule has 1 aromatic heterocycles. The maximum Gasteiger partial charge on any atom is 0.433 e. The lowest BCUT2D eigenvalue weighted by Crippen LogP contribution is -2.60. The van der Waals surface area contributed by atoms with Crippen LogP contribution < -0.4 is 5.32 Å². The third kappa shape index (κ3) is 2.93. The highest BCUT2D eigenvalue weighted by Gasteiger charge is 2.43. The molecule has 2 unspecified atom stereocenters. The van der Waals surface area contributed by atoms with Crippen LogP contribution in [0.5, 0.6) is 0 Å². The second kappa shape index (κ2) is 6.81. The van der Waals surface area contributed by atoms with Crippen molar-refractivity contribution in [1.29, 1.82) is 0 Å². The SMILES string of the molecule is O=[N+]([O-])c1ccc(CC2CNCCN2C2(c3ccccc3)C=NC=N2)o1. The van der Waals surface area contributed by atoms with Gasteiger partial charge in [-0.25, -0.2) is 9.98 Å². The van der Waals surface area contributed by atoms with E-state index >= 15 is 0 Å². The first kappa shape index (κ1) is 16.6. The molecule has 0 amide bonds. The van der Waals surface area contributed by atoms with Gasteiger partial charge >= 0.3 is 5.88 Å². The van der Waals surface area contributed by atoms with Gasteiger partial charge in [-0.2, -0.15) is 0 Å². The summed E-state index contributed by atoms with van der Waals surface area (Å²) in [4.78, 5) is 21.6. The first-order chi connectivity index (χ1) is 12.7. The van der Waals surface area contributed by atoms with Crippen LogP contribution in [0.25, 0.3) is 0 Å². The second-order valence-electron chi connectivity index (χ2n) is 6.37. The van der Waals surface area contributed by atoms with E-state index in [9.17, 15) is 10.1 Å². The fraction of sp³-hybridized carbons (Fsp3) is 0.333. The normalized spacial score (nSPS) is 25.6. The topological polar surface area (TPSA) is 96.3 Å². The van der Waals surface area contributed by atoms with Crippen molar-refractivity contribution in [3.8, 4) is 0 Å². The number of hydrogen-bond acceptors (Lipinski definition) is 7. The highest BCUT2D eigenvalue weighted by Crippen LogP contribution is 2.34. The maximum absolute atomic E-state index is 10.9.